The fourth-order valence-electron chi connectivity index (χ4n) is 1.70. The van der Waals surface area contributed by atoms with Crippen molar-refractivity contribution >= 4 is 12.3 Å². The first-order valence-corrected chi connectivity index (χ1v) is 6.23. The van der Waals surface area contributed by atoms with E-state index in [-0.39, 0.29) is 0 Å². The van der Waals surface area contributed by atoms with Gasteiger partial charge in [-0.15, -0.1) is 0 Å². The molecule has 0 radical (unpaired) electrons. The summed E-state index contributed by atoms with van der Waals surface area (Å²) in [6.07, 6.45) is 5.78. The zero-order valence-corrected chi connectivity index (χ0v) is 11.0. The number of hydrogen-bond donors (Lipinski definition) is 0. The van der Waals surface area contributed by atoms with Crippen LogP contribution >= 0.6 is 0 Å². The first-order chi connectivity index (χ1) is 9.38. The highest BCUT2D eigenvalue weighted by Crippen LogP contribution is 2.13. The Hall–Kier alpha value is -2.35. The number of benzene rings is 2. The van der Waals surface area contributed by atoms with E-state index < -0.39 is 0 Å². The lowest BCUT2D eigenvalue weighted by atomic mass is 10.2. The zero-order chi connectivity index (χ0) is 13.3. The normalized spacial score (nSPS) is 11.2. The van der Waals surface area contributed by atoms with Gasteiger partial charge in [0.05, 0.1) is 13.7 Å². The molecular weight excluding hydrogens is 234 g/mol. The predicted molar refractivity (Wildman–Crippen MR) is 80.7 cm³/mol. The Labute approximate surface area is 114 Å². The summed E-state index contributed by atoms with van der Waals surface area (Å²) in [7, 11) is 1.67. The van der Waals surface area contributed by atoms with Gasteiger partial charge in [0, 0.05) is 6.21 Å². The minimum Gasteiger partial charge on any atom is -0.497 e. The first-order valence-electron chi connectivity index (χ1n) is 6.23. The van der Waals surface area contributed by atoms with Crippen LogP contribution in [0.1, 0.15) is 11.1 Å². The lowest BCUT2D eigenvalue weighted by molar-refractivity contribution is 0.414. The summed E-state index contributed by atoms with van der Waals surface area (Å²) in [5.74, 6) is 0.864. The van der Waals surface area contributed by atoms with E-state index in [1.807, 2.05) is 60.8 Å². The van der Waals surface area contributed by atoms with Gasteiger partial charge in [-0.3, -0.25) is 4.99 Å². The van der Waals surface area contributed by atoms with Crippen LogP contribution < -0.4 is 4.74 Å². The standard InChI is InChI=1S/C17H17NO/c1-19-17-11-5-9-15(13-17)10-6-12-18-14-16-7-3-2-4-8-16/h2-13H,14H2,1H3. The molecule has 0 aromatic heterocycles. The Bertz CT molecular complexity index is 558. The lowest BCUT2D eigenvalue weighted by Gasteiger charge is -1.99. The number of ether oxygens (including phenoxy) is 1. The molecule has 2 aromatic rings. The summed E-state index contributed by atoms with van der Waals surface area (Å²) in [6.45, 7) is 0.712. The molecule has 0 aliphatic carbocycles. The van der Waals surface area contributed by atoms with Gasteiger partial charge < -0.3 is 4.74 Å². The van der Waals surface area contributed by atoms with Crippen molar-refractivity contribution in [3.63, 3.8) is 0 Å². The van der Waals surface area contributed by atoms with Crippen LogP contribution in [0.15, 0.2) is 65.7 Å². The molecule has 0 saturated heterocycles. The zero-order valence-electron chi connectivity index (χ0n) is 11.0. The van der Waals surface area contributed by atoms with Crippen LogP contribution in [-0.4, -0.2) is 13.3 Å². The van der Waals surface area contributed by atoms with E-state index in [1.165, 1.54) is 5.56 Å². The number of allylic oxidation sites excluding steroid dienone is 1. The molecule has 0 fully saturated rings. The third-order valence-corrected chi connectivity index (χ3v) is 2.69. The maximum atomic E-state index is 5.17. The monoisotopic (exact) mass is 251 g/mol. The van der Waals surface area contributed by atoms with Gasteiger partial charge >= 0.3 is 0 Å². The third kappa shape index (κ3) is 4.43. The van der Waals surface area contributed by atoms with Crippen LogP contribution in [0.25, 0.3) is 6.08 Å². The molecule has 19 heavy (non-hydrogen) atoms. The van der Waals surface area contributed by atoms with Crippen molar-refractivity contribution in [1.29, 1.82) is 0 Å². The molecule has 0 atom stereocenters. The second kappa shape index (κ2) is 7.17. The molecule has 2 nitrogen and oxygen atoms in total. The maximum Gasteiger partial charge on any atom is 0.119 e. The molecule has 2 heteroatoms. The first kappa shape index (κ1) is 13.1. The minimum absolute atomic E-state index is 0.712. The fraction of sp³-hybridized carbons (Fsp3) is 0.118. The summed E-state index contributed by atoms with van der Waals surface area (Å²) in [5.41, 5.74) is 2.32. The number of methoxy groups -OCH3 is 1. The van der Waals surface area contributed by atoms with Gasteiger partial charge in [0.15, 0.2) is 0 Å². The molecule has 0 aliphatic heterocycles. The Kier molecular flexibility index (Phi) is 4.94. The summed E-state index contributed by atoms with van der Waals surface area (Å²) in [5, 5.41) is 0. The van der Waals surface area contributed by atoms with Gasteiger partial charge in [-0.25, -0.2) is 0 Å². The van der Waals surface area contributed by atoms with Crippen molar-refractivity contribution in [2.75, 3.05) is 7.11 Å². The molecule has 0 amide bonds. The smallest absolute Gasteiger partial charge is 0.119 e. The Morgan fingerprint density at radius 2 is 1.89 bits per heavy atom. The summed E-state index contributed by atoms with van der Waals surface area (Å²) in [4.78, 5) is 4.36. The highest BCUT2D eigenvalue weighted by atomic mass is 16.5. The van der Waals surface area contributed by atoms with Crippen LogP contribution in [-0.2, 0) is 6.54 Å². The number of nitrogens with zero attached hydrogens (tertiary/aromatic N) is 1. The van der Waals surface area contributed by atoms with Crippen molar-refractivity contribution in [1.82, 2.24) is 0 Å². The van der Waals surface area contributed by atoms with Crippen molar-refractivity contribution in [3.05, 3.63) is 71.8 Å². The molecular formula is C17H17NO. The maximum absolute atomic E-state index is 5.17. The molecule has 96 valence electrons. The van der Waals surface area contributed by atoms with Gasteiger partial charge in [-0.1, -0.05) is 48.5 Å². The van der Waals surface area contributed by atoms with Gasteiger partial charge in [0.25, 0.3) is 0 Å². The van der Waals surface area contributed by atoms with E-state index in [0.29, 0.717) is 6.54 Å². The van der Waals surface area contributed by atoms with Gasteiger partial charge in [0.1, 0.15) is 5.75 Å². The molecule has 0 heterocycles. The summed E-state index contributed by atoms with van der Waals surface area (Å²) < 4.78 is 5.17. The minimum atomic E-state index is 0.712. The molecule has 2 aromatic carbocycles. The Morgan fingerprint density at radius 3 is 2.68 bits per heavy atom. The second-order valence-electron chi connectivity index (χ2n) is 4.11. The van der Waals surface area contributed by atoms with E-state index in [1.54, 1.807) is 7.11 Å². The molecule has 0 aliphatic rings. The van der Waals surface area contributed by atoms with Crippen molar-refractivity contribution in [2.24, 2.45) is 4.99 Å². The second-order valence-corrected chi connectivity index (χ2v) is 4.11. The average Bonchev–Trinajstić information content (AvgIpc) is 2.48. The average molecular weight is 251 g/mol. The summed E-state index contributed by atoms with van der Waals surface area (Å²) >= 11 is 0. The van der Waals surface area contributed by atoms with E-state index in [2.05, 4.69) is 17.1 Å². The predicted octanol–water partition coefficient (Wildman–Crippen LogP) is 3.98. The Balaban J connectivity index is 1.89. The fourth-order valence-corrected chi connectivity index (χ4v) is 1.70. The number of aliphatic imine (C=N–C) groups is 1. The van der Waals surface area contributed by atoms with E-state index in [4.69, 9.17) is 4.74 Å². The van der Waals surface area contributed by atoms with Crippen molar-refractivity contribution in [3.8, 4) is 5.75 Å². The van der Waals surface area contributed by atoms with Crippen LogP contribution in [0.5, 0.6) is 5.75 Å². The lowest BCUT2D eigenvalue weighted by Crippen LogP contribution is -1.82. The van der Waals surface area contributed by atoms with Crippen LogP contribution in [0.4, 0.5) is 0 Å². The highest BCUT2D eigenvalue weighted by molar-refractivity contribution is 5.78. The number of hydrogen-bond acceptors (Lipinski definition) is 2. The van der Waals surface area contributed by atoms with Crippen LogP contribution in [0.2, 0.25) is 0 Å². The summed E-state index contributed by atoms with van der Waals surface area (Å²) in [6, 6.07) is 18.1. The van der Waals surface area contributed by atoms with E-state index in [0.717, 1.165) is 11.3 Å². The van der Waals surface area contributed by atoms with E-state index >= 15 is 0 Å². The molecule has 0 saturated carbocycles. The van der Waals surface area contributed by atoms with Gasteiger partial charge in [-0.05, 0) is 29.3 Å². The van der Waals surface area contributed by atoms with Crippen LogP contribution in [0, 0.1) is 0 Å². The molecule has 2 rings (SSSR count). The quantitative estimate of drug-likeness (QED) is 0.736. The highest BCUT2D eigenvalue weighted by Gasteiger charge is 1.90. The Morgan fingerprint density at radius 1 is 1.05 bits per heavy atom. The van der Waals surface area contributed by atoms with Crippen molar-refractivity contribution < 1.29 is 4.74 Å². The van der Waals surface area contributed by atoms with E-state index in [9.17, 15) is 0 Å². The topological polar surface area (TPSA) is 21.6 Å². The SMILES string of the molecule is COc1cccc(C=CC=NCc2ccccc2)c1. The van der Waals surface area contributed by atoms with Gasteiger partial charge in [-0.2, -0.15) is 0 Å². The van der Waals surface area contributed by atoms with Crippen LogP contribution in [0.3, 0.4) is 0 Å². The number of rotatable bonds is 5. The van der Waals surface area contributed by atoms with Gasteiger partial charge in [0.2, 0.25) is 0 Å². The molecule has 0 spiro atoms. The molecule has 0 N–H and O–H groups in total. The molecule has 0 unspecified atom stereocenters. The molecule has 0 bridgehead atoms. The largest absolute Gasteiger partial charge is 0.497 e. The third-order valence-electron chi connectivity index (χ3n) is 2.69. The van der Waals surface area contributed by atoms with Crippen molar-refractivity contribution in [2.45, 2.75) is 6.54 Å².